The molecular formula is C28H35F3N2O2. The van der Waals surface area contributed by atoms with Gasteiger partial charge >= 0.3 is 6.18 Å². The first-order chi connectivity index (χ1) is 16.4. The van der Waals surface area contributed by atoms with Crippen molar-refractivity contribution >= 4 is 17.5 Å². The SMILES string of the molecule is CC1=C2N(C)C(=O)CC[C@]2(C)[C@H]2CC[C@]3(C)[C@@H](C(=O)Nc4cccc(C(F)(F)F)c4)CC[C@H]3[C@@H]2C1. The zero-order valence-electron chi connectivity index (χ0n) is 21.0. The summed E-state index contributed by atoms with van der Waals surface area (Å²) in [6.45, 7) is 6.73. The Kier molecular flexibility index (Phi) is 5.65. The van der Waals surface area contributed by atoms with Crippen LogP contribution in [0.2, 0.25) is 0 Å². The van der Waals surface area contributed by atoms with Crippen LogP contribution in [0.15, 0.2) is 35.5 Å². The fraction of sp³-hybridized carbons (Fsp3) is 0.643. The quantitative estimate of drug-likeness (QED) is 0.507. The molecule has 7 heteroatoms. The molecule has 1 N–H and O–H groups in total. The van der Waals surface area contributed by atoms with Gasteiger partial charge in [-0.15, -0.1) is 0 Å². The molecular weight excluding hydrogens is 453 g/mol. The Balaban J connectivity index is 1.39. The third-order valence-electron chi connectivity index (χ3n) is 10.1. The molecule has 1 heterocycles. The zero-order valence-corrected chi connectivity index (χ0v) is 21.0. The number of amides is 2. The molecule has 3 aliphatic carbocycles. The smallest absolute Gasteiger partial charge is 0.326 e. The standard InChI is InChI=1S/C28H35F3N2O2/c1-16-14-19-20-8-9-22(25(35)32-18-7-5-6-17(15-18)28(29,30)31)26(20,2)12-10-21(19)27(3)13-11-23(34)33(4)24(16)27/h5-7,15,19-22H,8-14H2,1-4H3,(H,32,35)/t19-,20-,21-,22+,26-,27+/m0/s1. The lowest BCUT2D eigenvalue weighted by atomic mass is 9.48. The summed E-state index contributed by atoms with van der Waals surface area (Å²) < 4.78 is 39.4. The van der Waals surface area contributed by atoms with E-state index < -0.39 is 11.7 Å². The van der Waals surface area contributed by atoms with Crippen molar-refractivity contribution < 1.29 is 22.8 Å². The Hall–Kier alpha value is -2.31. The predicted octanol–water partition coefficient (Wildman–Crippen LogP) is 6.64. The molecule has 0 unspecified atom stereocenters. The van der Waals surface area contributed by atoms with Crippen LogP contribution in [0.3, 0.4) is 0 Å². The first-order valence-corrected chi connectivity index (χ1v) is 12.8. The number of hydrogen-bond acceptors (Lipinski definition) is 2. The van der Waals surface area contributed by atoms with Crippen molar-refractivity contribution in [1.29, 1.82) is 0 Å². The first kappa shape index (κ1) is 24.4. The summed E-state index contributed by atoms with van der Waals surface area (Å²) >= 11 is 0. The number of nitrogens with one attached hydrogen (secondary N) is 1. The molecule has 0 aromatic heterocycles. The van der Waals surface area contributed by atoms with E-state index in [0.717, 1.165) is 50.7 Å². The minimum atomic E-state index is -4.44. The van der Waals surface area contributed by atoms with E-state index in [9.17, 15) is 22.8 Å². The fourth-order valence-electron chi connectivity index (χ4n) is 8.54. The van der Waals surface area contributed by atoms with E-state index in [0.29, 0.717) is 24.2 Å². The van der Waals surface area contributed by atoms with Gasteiger partial charge < -0.3 is 10.2 Å². The Morgan fingerprint density at radius 1 is 1.11 bits per heavy atom. The van der Waals surface area contributed by atoms with E-state index in [2.05, 4.69) is 26.1 Å². The van der Waals surface area contributed by atoms with Gasteiger partial charge in [-0.25, -0.2) is 0 Å². The van der Waals surface area contributed by atoms with E-state index in [4.69, 9.17) is 0 Å². The summed E-state index contributed by atoms with van der Waals surface area (Å²) in [5.74, 6) is 1.18. The average Bonchev–Trinajstić information content (AvgIpc) is 3.14. The van der Waals surface area contributed by atoms with Gasteiger partial charge in [0, 0.05) is 36.2 Å². The first-order valence-electron chi connectivity index (χ1n) is 12.8. The molecule has 1 aromatic carbocycles. The highest BCUT2D eigenvalue weighted by Gasteiger charge is 2.61. The average molecular weight is 489 g/mol. The predicted molar refractivity (Wildman–Crippen MR) is 128 cm³/mol. The van der Waals surface area contributed by atoms with Crippen molar-refractivity contribution in [3.05, 3.63) is 41.1 Å². The number of benzene rings is 1. The summed E-state index contributed by atoms with van der Waals surface area (Å²) in [5.41, 5.74) is 1.78. The molecule has 6 atom stereocenters. The van der Waals surface area contributed by atoms with Crippen molar-refractivity contribution in [2.45, 2.75) is 71.9 Å². The molecule has 190 valence electrons. The largest absolute Gasteiger partial charge is 0.416 e. The van der Waals surface area contributed by atoms with Crippen LogP contribution in [0.25, 0.3) is 0 Å². The normalized spacial score (nSPS) is 37.0. The third-order valence-corrected chi connectivity index (χ3v) is 10.1. The van der Waals surface area contributed by atoms with E-state index in [1.807, 2.05) is 11.9 Å². The van der Waals surface area contributed by atoms with Gasteiger partial charge in [-0.1, -0.05) is 25.5 Å². The minimum absolute atomic E-state index is 0.0185. The van der Waals surface area contributed by atoms with Gasteiger partial charge in [-0.2, -0.15) is 13.2 Å². The summed E-state index contributed by atoms with van der Waals surface area (Å²) in [4.78, 5) is 27.7. The van der Waals surface area contributed by atoms with E-state index >= 15 is 0 Å². The molecule has 0 bridgehead atoms. The van der Waals surface area contributed by atoms with Crippen LogP contribution in [0.1, 0.15) is 71.3 Å². The molecule has 4 aliphatic rings. The van der Waals surface area contributed by atoms with Crippen LogP contribution in [0.5, 0.6) is 0 Å². The van der Waals surface area contributed by atoms with Crippen LogP contribution < -0.4 is 5.32 Å². The lowest BCUT2D eigenvalue weighted by Gasteiger charge is -2.59. The second-order valence-corrected chi connectivity index (χ2v) is 11.8. The van der Waals surface area contributed by atoms with E-state index in [1.54, 1.807) is 0 Å². The van der Waals surface area contributed by atoms with Crippen molar-refractivity contribution in [3.8, 4) is 0 Å². The van der Waals surface area contributed by atoms with Crippen LogP contribution in [-0.2, 0) is 15.8 Å². The lowest BCUT2D eigenvalue weighted by Crippen LogP contribution is -2.54. The highest BCUT2D eigenvalue weighted by Crippen LogP contribution is 2.66. The van der Waals surface area contributed by atoms with Crippen molar-refractivity contribution in [2.24, 2.45) is 34.5 Å². The number of nitrogens with zero attached hydrogens (tertiary/aromatic N) is 1. The number of fused-ring (bicyclic) bond motifs is 5. The molecule has 1 saturated heterocycles. The molecule has 0 spiro atoms. The number of allylic oxidation sites excluding steroid dienone is 2. The Labute approximate surface area is 205 Å². The minimum Gasteiger partial charge on any atom is -0.326 e. The molecule has 4 nitrogen and oxygen atoms in total. The summed E-state index contributed by atoms with van der Waals surface area (Å²) in [7, 11) is 1.91. The zero-order chi connectivity index (χ0) is 25.3. The van der Waals surface area contributed by atoms with Crippen LogP contribution in [0, 0.1) is 34.5 Å². The number of carbonyl (C=O) groups is 2. The summed E-state index contributed by atoms with van der Waals surface area (Å²) in [6.07, 6.45) is 1.65. The summed E-state index contributed by atoms with van der Waals surface area (Å²) in [6, 6.07) is 4.90. The number of alkyl halides is 3. The molecule has 3 fully saturated rings. The van der Waals surface area contributed by atoms with E-state index in [1.165, 1.54) is 23.4 Å². The maximum atomic E-state index is 13.4. The Bertz CT molecular complexity index is 1100. The Morgan fingerprint density at radius 3 is 2.57 bits per heavy atom. The molecule has 2 amide bonds. The van der Waals surface area contributed by atoms with E-state index in [-0.39, 0.29) is 34.2 Å². The second kappa shape index (κ2) is 8.10. The van der Waals surface area contributed by atoms with Crippen molar-refractivity contribution in [2.75, 3.05) is 12.4 Å². The van der Waals surface area contributed by atoms with Crippen LogP contribution in [-0.4, -0.2) is 23.8 Å². The number of halogens is 3. The van der Waals surface area contributed by atoms with Gasteiger partial charge in [-0.05, 0) is 86.8 Å². The fourth-order valence-corrected chi connectivity index (χ4v) is 8.54. The highest BCUT2D eigenvalue weighted by molar-refractivity contribution is 5.93. The van der Waals surface area contributed by atoms with Gasteiger partial charge in [0.05, 0.1) is 5.56 Å². The molecule has 1 aliphatic heterocycles. The molecule has 35 heavy (non-hydrogen) atoms. The van der Waals surface area contributed by atoms with Gasteiger partial charge in [0.25, 0.3) is 0 Å². The second-order valence-electron chi connectivity index (χ2n) is 11.8. The topological polar surface area (TPSA) is 49.4 Å². The number of carbonyl (C=O) groups excluding carboxylic acids is 2. The molecule has 1 aromatic rings. The Morgan fingerprint density at radius 2 is 1.86 bits per heavy atom. The maximum Gasteiger partial charge on any atom is 0.416 e. The number of anilines is 1. The lowest BCUT2D eigenvalue weighted by molar-refractivity contribution is -0.137. The van der Waals surface area contributed by atoms with Crippen LogP contribution in [0.4, 0.5) is 18.9 Å². The van der Waals surface area contributed by atoms with Gasteiger partial charge in [0.15, 0.2) is 0 Å². The third kappa shape index (κ3) is 3.72. The van der Waals surface area contributed by atoms with Gasteiger partial charge in [0.1, 0.15) is 0 Å². The number of hydrogen-bond donors (Lipinski definition) is 1. The number of rotatable bonds is 2. The maximum absolute atomic E-state index is 13.4. The monoisotopic (exact) mass is 488 g/mol. The molecule has 5 rings (SSSR count). The van der Waals surface area contributed by atoms with Gasteiger partial charge in [0.2, 0.25) is 11.8 Å². The molecule has 0 radical (unpaired) electrons. The van der Waals surface area contributed by atoms with Gasteiger partial charge in [-0.3, -0.25) is 9.59 Å². The van der Waals surface area contributed by atoms with Crippen molar-refractivity contribution in [3.63, 3.8) is 0 Å². The van der Waals surface area contributed by atoms with Crippen molar-refractivity contribution in [1.82, 2.24) is 4.90 Å². The van der Waals surface area contributed by atoms with Crippen LogP contribution >= 0.6 is 0 Å². The number of likely N-dealkylation sites (tertiary alicyclic amines) is 1. The highest BCUT2D eigenvalue weighted by atomic mass is 19.4. The molecule has 2 saturated carbocycles. The number of piperidine rings is 1. The summed E-state index contributed by atoms with van der Waals surface area (Å²) in [5, 5.41) is 2.81.